The van der Waals surface area contributed by atoms with Crippen molar-refractivity contribution in [2.45, 2.75) is 24.2 Å². The normalized spacial score (nSPS) is 13.9. The zero-order valence-electron chi connectivity index (χ0n) is 10.2. The molecule has 0 radical (unpaired) electrons. The van der Waals surface area contributed by atoms with E-state index in [4.69, 9.17) is 35.8 Å². The van der Waals surface area contributed by atoms with E-state index in [1.165, 1.54) is 14.2 Å². The molecule has 0 aromatic rings. The molecule has 6 N–H and O–H groups in total. The van der Waals surface area contributed by atoms with E-state index in [0.29, 0.717) is 6.42 Å². The minimum absolute atomic E-state index is 0.200. The summed E-state index contributed by atoms with van der Waals surface area (Å²) in [7, 11) is 3.65. The molecule has 0 fully saturated rings. The monoisotopic (exact) mass is 253 g/mol. The van der Waals surface area contributed by atoms with Gasteiger partial charge in [-0.3, -0.25) is 0 Å². The van der Waals surface area contributed by atoms with Gasteiger partial charge in [-0.15, -0.1) is 0 Å². The summed E-state index contributed by atoms with van der Waals surface area (Å²) < 4.78 is 20.8. The highest BCUT2D eigenvalue weighted by molar-refractivity contribution is 6.27. The molecular weight excluding hydrogens is 230 g/mol. The summed E-state index contributed by atoms with van der Waals surface area (Å²) >= 11 is 0. The molecule has 98 valence electrons. The predicted molar refractivity (Wildman–Crippen MR) is 63.0 cm³/mol. The smallest absolute Gasteiger partial charge is 0.297 e. The minimum atomic E-state index is -1.14. The topological polar surface area (TPSA) is 115 Å². The molecule has 0 saturated carbocycles. The summed E-state index contributed by atoms with van der Waals surface area (Å²) in [4.78, 5) is 0. The molecule has 8 heteroatoms. The molecule has 0 bridgehead atoms. The van der Waals surface area contributed by atoms with Crippen LogP contribution in [0.5, 0.6) is 0 Å². The fourth-order valence-electron chi connectivity index (χ4n) is 1.14. The highest BCUT2D eigenvalue weighted by atomic mass is 28.2. The second-order valence-corrected chi connectivity index (χ2v) is 4.99. The number of ether oxygens (including phenoxy) is 3. The lowest BCUT2D eigenvalue weighted by Crippen LogP contribution is -2.57. The first-order chi connectivity index (χ1) is 7.39. The Morgan fingerprint density at radius 2 is 1.62 bits per heavy atom. The van der Waals surface area contributed by atoms with Gasteiger partial charge in [0.1, 0.15) is 12.4 Å². The summed E-state index contributed by atoms with van der Waals surface area (Å²) in [5.41, 5.74) is 16.3. The molecule has 7 nitrogen and oxygen atoms in total. The van der Waals surface area contributed by atoms with Crippen LogP contribution < -0.4 is 17.2 Å². The van der Waals surface area contributed by atoms with Gasteiger partial charge >= 0.3 is 0 Å². The third-order valence-corrected chi connectivity index (χ3v) is 3.31. The third kappa shape index (κ3) is 6.50. The van der Waals surface area contributed by atoms with E-state index in [2.05, 4.69) is 0 Å². The maximum Gasteiger partial charge on any atom is 0.297 e. The Morgan fingerprint density at radius 3 is 2.00 bits per heavy atom. The predicted octanol–water partition coefficient (Wildman–Crippen LogP) is -1.98. The van der Waals surface area contributed by atoms with Gasteiger partial charge in [0, 0.05) is 21.3 Å². The third-order valence-electron chi connectivity index (χ3n) is 2.02. The Kier molecular flexibility index (Phi) is 7.27. The maximum absolute atomic E-state index is 5.57. The van der Waals surface area contributed by atoms with Crippen molar-refractivity contribution in [3.05, 3.63) is 0 Å². The molecule has 0 aliphatic rings. The average molecular weight is 253 g/mol. The van der Waals surface area contributed by atoms with Gasteiger partial charge in [0.15, 0.2) is 9.76 Å². The number of nitrogens with two attached hydrogens (primary N) is 3. The van der Waals surface area contributed by atoms with E-state index >= 15 is 0 Å². The average Bonchev–Trinajstić information content (AvgIpc) is 2.21. The minimum Gasteiger partial charge on any atom is -0.376 e. The fraction of sp³-hybridized carbons (Fsp3) is 1.00. The van der Waals surface area contributed by atoms with Crippen molar-refractivity contribution in [3.63, 3.8) is 0 Å². The van der Waals surface area contributed by atoms with Crippen molar-refractivity contribution in [3.8, 4) is 0 Å². The van der Waals surface area contributed by atoms with E-state index in [1.807, 2.05) is 0 Å². The van der Waals surface area contributed by atoms with Crippen LogP contribution in [-0.2, 0) is 18.6 Å². The van der Waals surface area contributed by atoms with Crippen LogP contribution in [0.25, 0.3) is 0 Å². The number of rotatable bonds is 9. The van der Waals surface area contributed by atoms with E-state index < -0.39 is 21.5 Å². The zero-order chi connectivity index (χ0) is 12.7. The summed E-state index contributed by atoms with van der Waals surface area (Å²) in [6.07, 6.45) is 0.496. The molecule has 0 atom stereocenters. The lowest BCUT2D eigenvalue weighted by molar-refractivity contribution is -0.339. The molecule has 0 heterocycles. The van der Waals surface area contributed by atoms with Crippen LogP contribution in [-0.4, -0.2) is 49.5 Å². The van der Waals surface area contributed by atoms with Crippen molar-refractivity contribution in [1.29, 1.82) is 0 Å². The molecule has 0 aliphatic carbocycles. The first-order valence-corrected chi connectivity index (χ1v) is 6.56. The maximum atomic E-state index is 5.57. The molecule has 0 spiro atoms. The van der Waals surface area contributed by atoms with E-state index in [9.17, 15) is 0 Å². The van der Waals surface area contributed by atoms with Gasteiger partial charge in [-0.05, 0) is 12.5 Å². The lowest BCUT2D eigenvalue weighted by atomic mass is 10.3. The van der Waals surface area contributed by atoms with Crippen LogP contribution in [0.2, 0.25) is 6.04 Å². The first kappa shape index (κ1) is 15.9. The Bertz CT molecular complexity index is 185. The van der Waals surface area contributed by atoms with Crippen LogP contribution in [0.4, 0.5) is 0 Å². The van der Waals surface area contributed by atoms with Crippen LogP contribution in [0, 0.1) is 0 Å². The molecular formula is C8H23N3O4Si. The van der Waals surface area contributed by atoms with Crippen LogP contribution in [0.1, 0.15) is 6.42 Å². The Labute approximate surface area is 98.5 Å². The molecule has 0 rings (SSSR count). The Balaban J connectivity index is 3.93. The molecule has 0 aromatic carbocycles. The largest absolute Gasteiger partial charge is 0.376 e. The summed E-state index contributed by atoms with van der Waals surface area (Å²) in [6, 6.07) is 0.738. The molecule has 16 heavy (non-hydrogen) atoms. The second-order valence-electron chi connectivity index (χ2n) is 3.59. The first-order valence-electron chi connectivity index (χ1n) is 4.99. The van der Waals surface area contributed by atoms with Crippen LogP contribution >= 0.6 is 0 Å². The van der Waals surface area contributed by atoms with Crippen molar-refractivity contribution in [2.24, 2.45) is 17.2 Å². The van der Waals surface area contributed by atoms with Crippen molar-refractivity contribution in [1.82, 2.24) is 0 Å². The van der Waals surface area contributed by atoms with Gasteiger partial charge in [0.05, 0.1) is 0 Å². The van der Waals surface area contributed by atoms with Crippen molar-refractivity contribution < 1.29 is 18.6 Å². The number of hydrogen-bond acceptors (Lipinski definition) is 7. The highest BCUT2D eigenvalue weighted by Crippen LogP contribution is 2.14. The molecule has 0 unspecified atom stereocenters. The van der Waals surface area contributed by atoms with Gasteiger partial charge in [0.25, 0.3) is 5.97 Å². The number of hydrogen-bond donors (Lipinski definition) is 3. The molecule has 0 saturated heterocycles. The fourth-order valence-corrected chi connectivity index (χ4v) is 2.67. The SMILES string of the molecule is COCC(OC)(OC)O[SiH2]CCC(N)(N)N. The quantitative estimate of drug-likeness (QED) is 0.248. The van der Waals surface area contributed by atoms with Gasteiger partial charge in [-0.1, -0.05) is 0 Å². The molecule has 0 amide bonds. The van der Waals surface area contributed by atoms with E-state index in [-0.39, 0.29) is 6.61 Å². The Hall–Kier alpha value is -0.0631. The highest BCUT2D eigenvalue weighted by Gasteiger charge is 2.30. The zero-order valence-corrected chi connectivity index (χ0v) is 11.6. The molecule has 0 aliphatic heterocycles. The van der Waals surface area contributed by atoms with Gasteiger partial charge in [0.2, 0.25) is 0 Å². The van der Waals surface area contributed by atoms with Crippen LogP contribution in [0.3, 0.4) is 0 Å². The second kappa shape index (κ2) is 7.30. The van der Waals surface area contributed by atoms with Gasteiger partial charge < -0.3 is 35.8 Å². The van der Waals surface area contributed by atoms with E-state index in [1.54, 1.807) is 7.11 Å². The van der Waals surface area contributed by atoms with Gasteiger partial charge in [-0.2, -0.15) is 0 Å². The summed E-state index contributed by atoms with van der Waals surface area (Å²) in [6.45, 7) is 0.200. The van der Waals surface area contributed by atoms with Crippen molar-refractivity contribution >= 4 is 9.76 Å². The van der Waals surface area contributed by atoms with Crippen LogP contribution in [0.15, 0.2) is 0 Å². The van der Waals surface area contributed by atoms with Gasteiger partial charge in [-0.25, -0.2) is 0 Å². The number of methoxy groups -OCH3 is 3. The summed E-state index contributed by atoms with van der Waals surface area (Å²) in [5.74, 6) is -2.26. The standard InChI is InChI=1S/C8H23N3O4Si/c1-12-6-8(13-2,14-3)15-16-5-4-7(9,10)11/h4-6,9-11,16H2,1-3H3. The summed E-state index contributed by atoms with van der Waals surface area (Å²) in [5, 5.41) is 0. The Morgan fingerprint density at radius 1 is 1.06 bits per heavy atom. The molecule has 0 aromatic heterocycles. The lowest BCUT2D eigenvalue weighted by Gasteiger charge is -2.30. The van der Waals surface area contributed by atoms with Crippen molar-refractivity contribution in [2.75, 3.05) is 27.9 Å². The van der Waals surface area contributed by atoms with E-state index in [0.717, 1.165) is 6.04 Å².